The predicted octanol–water partition coefficient (Wildman–Crippen LogP) is 3.10. The van der Waals surface area contributed by atoms with E-state index in [4.69, 9.17) is 0 Å². The number of benzene rings is 1. The summed E-state index contributed by atoms with van der Waals surface area (Å²) < 4.78 is 0. The lowest BCUT2D eigenvalue weighted by Crippen LogP contribution is -2.40. The Bertz CT molecular complexity index is 319. The fraction of sp³-hybridized carbons (Fsp3) is 0.600. The first-order chi connectivity index (χ1) is 8.47. The number of thioether (sulfide) groups is 1. The van der Waals surface area contributed by atoms with Crippen LogP contribution in [0.5, 0.6) is 0 Å². The zero-order valence-electron chi connectivity index (χ0n) is 12.1. The van der Waals surface area contributed by atoms with Gasteiger partial charge in [-0.05, 0) is 40.0 Å². The van der Waals surface area contributed by atoms with Crippen LogP contribution in [0.25, 0.3) is 0 Å². The first kappa shape index (κ1) is 15.5. The van der Waals surface area contributed by atoms with E-state index in [1.165, 1.54) is 4.90 Å². The molecule has 0 saturated carbocycles. The standard InChI is InChI=1S/C15H26N2S/c1-15(2,3)16-10-11-17(4)12-13-18-14-8-6-5-7-9-14/h5-9,16H,10-13H2,1-4H3. The van der Waals surface area contributed by atoms with Gasteiger partial charge in [0.2, 0.25) is 0 Å². The number of rotatable bonds is 7. The molecule has 0 heterocycles. The fourth-order valence-electron chi connectivity index (χ4n) is 1.57. The van der Waals surface area contributed by atoms with Crippen LogP contribution in [0.2, 0.25) is 0 Å². The molecule has 0 fully saturated rings. The second kappa shape index (κ2) is 7.82. The number of nitrogens with one attached hydrogen (secondary N) is 1. The molecule has 0 aromatic heterocycles. The Morgan fingerprint density at radius 2 is 1.78 bits per heavy atom. The zero-order valence-corrected chi connectivity index (χ0v) is 12.9. The Balaban J connectivity index is 2.09. The highest BCUT2D eigenvalue weighted by Gasteiger charge is 2.08. The third kappa shape index (κ3) is 7.75. The van der Waals surface area contributed by atoms with Gasteiger partial charge in [-0.2, -0.15) is 0 Å². The summed E-state index contributed by atoms with van der Waals surface area (Å²) in [6.45, 7) is 9.91. The van der Waals surface area contributed by atoms with Crippen molar-refractivity contribution in [3.63, 3.8) is 0 Å². The minimum Gasteiger partial charge on any atom is -0.311 e. The normalized spacial score (nSPS) is 12.1. The van der Waals surface area contributed by atoms with Crippen LogP contribution in [0.1, 0.15) is 20.8 Å². The van der Waals surface area contributed by atoms with Gasteiger partial charge in [0.25, 0.3) is 0 Å². The van der Waals surface area contributed by atoms with E-state index in [-0.39, 0.29) is 5.54 Å². The molecule has 1 aromatic rings. The summed E-state index contributed by atoms with van der Waals surface area (Å²) >= 11 is 1.93. The quantitative estimate of drug-likeness (QED) is 0.764. The van der Waals surface area contributed by atoms with E-state index in [1.54, 1.807) is 0 Å². The maximum atomic E-state index is 3.51. The van der Waals surface area contributed by atoms with Crippen LogP contribution in [0, 0.1) is 0 Å². The molecule has 0 saturated heterocycles. The van der Waals surface area contributed by atoms with Gasteiger partial charge in [0, 0.05) is 35.8 Å². The lowest BCUT2D eigenvalue weighted by atomic mass is 10.1. The van der Waals surface area contributed by atoms with Gasteiger partial charge in [0.1, 0.15) is 0 Å². The average molecular weight is 266 g/mol. The lowest BCUT2D eigenvalue weighted by molar-refractivity contribution is 0.324. The van der Waals surface area contributed by atoms with Crippen molar-refractivity contribution in [3.8, 4) is 0 Å². The van der Waals surface area contributed by atoms with Crippen molar-refractivity contribution in [2.75, 3.05) is 32.4 Å². The summed E-state index contributed by atoms with van der Waals surface area (Å²) in [6, 6.07) is 10.6. The summed E-state index contributed by atoms with van der Waals surface area (Å²) in [4.78, 5) is 3.74. The predicted molar refractivity (Wildman–Crippen MR) is 82.4 cm³/mol. The molecule has 0 aliphatic rings. The van der Waals surface area contributed by atoms with Crippen LogP contribution in [-0.2, 0) is 0 Å². The number of nitrogens with zero attached hydrogens (tertiary/aromatic N) is 1. The molecule has 0 atom stereocenters. The highest BCUT2D eigenvalue weighted by molar-refractivity contribution is 7.99. The Kier molecular flexibility index (Phi) is 6.76. The van der Waals surface area contributed by atoms with E-state index >= 15 is 0 Å². The molecule has 3 heteroatoms. The molecular formula is C15H26N2S. The monoisotopic (exact) mass is 266 g/mol. The van der Waals surface area contributed by atoms with Crippen LogP contribution < -0.4 is 5.32 Å². The van der Waals surface area contributed by atoms with Crippen molar-refractivity contribution < 1.29 is 0 Å². The molecule has 2 nitrogen and oxygen atoms in total. The Labute approximate surface area is 116 Å². The zero-order chi connectivity index (χ0) is 13.4. The van der Waals surface area contributed by atoms with Crippen molar-refractivity contribution in [3.05, 3.63) is 30.3 Å². The van der Waals surface area contributed by atoms with Crippen molar-refractivity contribution >= 4 is 11.8 Å². The van der Waals surface area contributed by atoms with Gasteiger partial charge in [-0.3, -0.25) is 0 Å². The maximum absolute atomic E-state index is 3.51. The molecule has 0 radical (unpaired) electrons. The second-order valence-electron chi connectivity index (χ2n) is 5.64. The van der Waals surface area contributed by atoms with Crippen molar-refractivity contribution in [2.24, 2.45) is 0 Å². The van der Waals surface area contributed by atoms with Crippen LogP contribution in [0.15, 0.2) is 35.2 Å². The van der Waals surface area contributed by atoms with Gasteiger partial charge in [-0.25, -0.2) is 0 Å². The molecule has 0 aliphatic heterocycles. The minimum absolute atomic E-state index is 0.222. The smallest absolute Gasteiger partial charge is 0.0108 e. The highest BCUT2D eigenvalue weighted by atomic mass is 32.2. The second-order valence-corrected chi connectivity index (χ2v) is 6.81. The molecule has 102 valence electrons. The van der Waals surface area contributed by atoms with E-state index in [1.807, 2.05) is 11.8 Å². The Morgan fingerprint density at radius 1 is 1.11 bits per heavy atom. The van der Waals surface area contributed by atoms with E-state index < -0.39 is 0 Å². The number of hydrogen-bond donors (Lipinski definition) is 1. The van der Waals surface area contributed by atoms with Crippen LogP contribution in [-0.4, -0.2) is 42.9 Å². The van der Waals surface area contributed by atoms with E-state index in [0.717, 1.165) is 25.4 Å². The average Bonchev–Trinajstić information content (AvgIpc) is 2.28. The SMILES string of the molecule is CN(CCNC(C)(C)C)CCSc1ccccc1. The molecule has 1 aromatic carbocycles. The Morgan fingerprint density at radius 3 is 2.39 bits per heavy atom. The first-order valence-corrected chi connectivity index (χ1v) is 7.57. The molecule has 0 amide bonds. The summed E-state index contributed by atoms with van der Waals surface area (Å²) in [7, 11) is 2.19. The summed E-state index contributed by atoms with van der Waals surface area (Å²) in [5.74, 6) is 1.15. The number of likely N-dealkylation sites (N-methyl/N-ethyl adjacent to an activating group) is 1. The minimum atomic E-state index is 0.222. The first-order valence-electron chi connectivity index (χ1n) is 6.59. The van der Waals surface area contributed by atoms with E-state index in [0.29, 0.717) is 0 Å². The van der Waals surface area contributed by atoms with Gasteiger partial charge in [-0.15, -0.1) is 11.8 Å². The molecular weight excluding hydrogens is 240 g/mol. The molecule has 1 N–H and O–H groups in total. The molecule has 0 aliphatic carbocycles. The Hall–Kier alpha value is -0.510. The molecule has 0 unspecified atom stereocenters. The van der Waals surface area contributed by atoms with E-state index in [9.17, 15) is 0 Å². The lowest BCUT2D eigenvalue weighted by Gasteiger charge is -2.23. The maximum Gasteiger partial charge on any atom is 0.0108 e. The van der Waals surface area contributed by atoms with Gasteiger partial charge in [-0.1, -0.05) is 18.2 Å². The number of hydrogen-bond acceptors (Lipinski definition) is 3. The van der Waals surface area contributed by atoms with Crippen molar-refractivity contribution in [2.45, 2.75) is 31.2 Å². The molecule has 0 spiro atoms. The highest BCUT2D eigenvalue weighted by Crippen LogP contribution is 2.16. The van der Waals surface area contributed by atoms with Gasteiger partial charge >= 0.3 is 0 Å². The van der Waals surface area contributed by atoms with Gasteiger partial charge in [0.15, 0.2) is 0 Å². The van der Waals surface area contributed by atoms with Crippen molar-refractivity contribution in [1.82, 2.24) is 10.2 Å². The molecule has 18 heavy (non-hydrogen) atoms. The van der Waals surface area contributed by atoms with Crippen LogP contribution in [0.4, 0.5) is 0 Å². The third-order valence-electron chi connectivity index (χ3n) is 2.63. The van der Waals surface area contributed by atoms with Crippen molar-refractivity contribution in [1.29, 1.82) is 0 Å². The topological polar surface area (TPSA) is 15.3 Å². The largest absolute Gasteiger partial charge is 0.311 e. The summed E-state index contributed by atoms with van der Waals surface area (Å²) in [6.07, 6.45) is 0. The van der Waals surface area contributed by atoms with E-state index in [2.05, 4.69) is 68.4 Å². The molecule has 1 rings (SSSR count). The third-order valence-corrected chi connectivity index (χ3v) is 3.63. The molecule has 0 bridgehead atoms. The van der Waals surface area contributed by atoms with Crippen LogP contribution >= 0.6 is 11.8 Å². The van der Waals surface area contributed by atoms with Gasteiger partial charge in [0.05, 0.1) is 0 Å². The summed E-state index contributed by atoms with van der Waals surface area (Å²) in [5.41, 5.74) is 0.222. The van der Waals surface area contributed by atoms with Crippen LogP contribution in [0.3, 0.4) is 0 Å². The fourth-order valence-corrected chi connectivity index (χ4v) is 2.56. The summed E-state index contributed by atoms with van der Waals surface area (Å²) in [5, 5.41) is 3.51. The van der Waals surface area contributed by atoms with Gasteiger partial charge < -0.3 is 10.2 Å².